The van der Waals surface area contributed by atoms with Crippen molar-refractivity contribution in [2.75, 3.05) is 13.2 Å². The summed E-state index contributed by atoms with van der Waals surface area (Å²) in [6.45, 7) is 3.36. The van der Waals surface area contributed by atoms with Crippen LogP contribution in [-0.2, 0) is 0 Å². The van der Waals surface area contributed by atoms with E-state index < -0.39 is 0 Å². The van der Waals surface area contributed by atoms with Gasteiger partial charge < -0.3 is 10.4 Å². The summed E-state index contributed by atoms with van der Waals surface area (Å²) in [6, 6.07) is 0. The van der Waals surface area contributed by atoms with Crippen molar-refractivity contribution in [3.05, 3.63) is 12.3 Å². The molecule has 0 aliphatic carbocycles. The summed E-state index contributed by atoms with van der Waals surface area (Å²) in [4.78, 5) is 0. The Labute approximate surface area is 75.7 Å². The van der Waals surface area contributed by atoms with Gasteiger partial charge in [0.2, 0.25) is 0 Å². The van der Waals surface area contributed by atoms with Gasteiger partial charge in [-0.3, -0.25) is 0 Å². The third kappa shape index (κ3) is 9.50. The van der Waals surface area contributed by atoms with Crippen LogP contribution in [0.5, 0.6) is 0 Å². The van der Waals surface area contributed by atoms with Crippen LogP contribution >= 0.6 is 0 Å². The molecule has 0 rings (SSSR count). The quantitative estimate of drug-likeness (QED) is 0.548. The Morgan fingerprint density at radius 3 is 2.75 bits per heavy atom. The average molecular weight is 171 g/mol. The maximum atomic E-state index is 8.47. The number of allylic oxidation sites excluding steroid dienone is 1. The molecule has 0 aliphatic rings. The SMILES string of the molecule is CCCCCC=CNCCCO. The lowest BCUT2D eigenvalue weighted by atomic mass is 10.2. The number of aliphatic hydroxyl groups is 1. The Hall–Kier alpha value is -0.500. The molecule has 0 aromatic heterocycles. The van der Waals surface area contributed by atoms with E-state index in [1.165, 1.54) is 25.7 Å². The van der Waals surface area contributed by atoms with Gasteiger partial charge in [0.1, 0.15) is 0 Å². The first-order valence-corrected chi connectivity index (χ1v) is 4.91. The third-order valence-corrected chi connectivity index (χ3v) is 1.69. The van der Waals surface area contributed by atoms with Crippen LogP contribution in [0.2, 0.25) is 0 Å². The van der Waals surface area contributed by atoms with Gasteiger partial charge in [0.15, 0.2) is 0 Å². The zero-order valence-electron chi connectivity index (χ0n) is 8.05. The lowest BCUT2D eigenvalue weighted by Crippen LogP contribution is -2.07. The maximum absolute atomic E-state index is 8.47. The summed E-state index contributed by atoms with van der Waals surface area (Å²) in [5, 5.41) is 11.6. The molecule has 2 heteroatoms. The molecule has 72 valence electrons. The van der Waals surface area contributed by atoms with Gasteiger partial charge in [-0.15, -0.1) is 0 Å². The Bertz CT molecular complexity index is 90.0. The van der Waals surface area contributed by atoms with Crippen molar-refractivity contribution in [3.8, 4) is 0 Å². The first kappa shape index (κ1) is 11.5. The standard InChI is InChI=1S/C10H21NO/c1-2-3-4-5-6-8-11-9-7-10-12/h6,8,11-12H,2-5,7,9-10H2,1H3. The van der Waals surface area contributed by atoms with Gasteiger partial charge in [0.05, 0.1) is 0 Å². The second-order valence-corrected chi connectivity index (χ2v) is 2.93. The predicted octanol–water partition coefficient (Wildman–Crippen LogP) is 2.05. The van der Waals surface area contributed by atoms with E-state index in [0.29, 0.717) is 0 Å². The average Bonchev–Trinajstić information content (AvgIpc) is 2.10. The van der Waals surface area contributed by atoms with E-state index in [1.807, 2.05) is 6.20 Å². The summed E-state index contributed by atoms with van der Waals surface area (Å²) in [7, 11) is 0. The van der Waals surface area contributed by atoms with Gasteiger partial charge in [0, 0.05) is 13.2 Å². The molecule has 12 heavy (non-hydrogen) atoms. The van der Waals surface area contributed by atoms with E-state index >= 15 is 0 Å². The number of rotatable bonds is 8. The van der Waals surface area contributed by atoms with Crippen molar-refractivity contribution in [2.45, 2.75) is 39.0 Å². The zero-order chi connectivity index (χ0) is 9.07. The molecule has 0 radical (unpaired) electrons. The first-order chi connectivity index (χ1) is 5.91. The number of hydrogen-bond donors (Lipinski definition) is 2. The van der Waals surface area contributed by atoms with E-state index in [9.17, 15) is 0 Å². The molecule has 0 amide bonds. The molecule has 0 unspecified atom stereocenters. The largest absolute Gasteiger partial charge is 0.396 e. The van der Waals surface area contributed by atoms with Crippen LogP contribution in [0.15, 0.2) is 12.3 Å². The van der Waals surface area contributed by atoms with E-state index in [1.54, 1.807) is 0 Å². The fourth-order valence-corrected chi connectivity index (χ4v) is 0.943. The minimum atomic E-state index is 0.274. The fraction of sp³-hybridized carbons (Fsp3) is 0.800. The Morgan fingerprint density at radius 1 is 1.25 bits per heavy atom. The molecule has 0 saturated heterocycles. The molecule has 0 aromatic rings. The highest BCUT2D eigenvalue weighted by Crippen LogP contribution is 1.98. The summed E-state index contributed by atoms with van der Waals surface area (Å²) < 4.78 is 0. The number of aliphatic hydroxyl groups excluding tert-OH is 1. The van der Waals surface area contributed by atoms with Crippen molar-refractivity contribution < 1.29 is 5.11 Å². The van der Waals surface area contributed by atoms with Crippen LogP contribution < -0.4 is 5.32 Å². The molecule has 0 fully saturated rings. The molecule has 2 nitrogen and oxygen atoms in total. The van der Waals surface area contributed by atoms with Crippen molar-refractivity contribution in [3.63, 3.8) is 0 Å². The van der Waals surface area contributed by atoms with Gasteiger partial charge in [-0.1, -0.05) is 25.8 Å². The van der Waals surface area contributed by atoms with Crippen molar-refractivity contribution >= 4 is 0 Å². The van der Waals surface area contributed by atoms with Crippen molar-refractivity contribution in [1.29, 1.82) is 0 Å². The van der Waals surface area contributed by atoms with Crippen LogP contribution in [0.1, 0.15) is 39.0 Å². The fourth-order valence-electron chi connectivity index (χ4n) is 0.943. The van der Waals surface area contributed by atoms with Crippen LogP contribution in [0.3, 0.4) is 0 Å². The summed E-state index contributed by atoms with van der Waals surface area (Å²) in [6.07, 6.45) is 10.0. The molecule has 0 saturated carbocycles. The highest BCUT2D eigenvalue weighted by atomic mass is 16.3. The highest BCUT2D eigenvalue weighted by Gasteiger charge is 1.81. The van der Waals surface area contributed by atoms with Crippen molar-refractivity contribution in [2.24, 2.45) is 0 Å². The zero-order valence-corrected chi connectivity index (χ0v) is 8.05. The predicted molar refractivity (Wildman–Crippen MR) is 53.0 cm³/mol. The van der Waals surface area contributed by atoms with Gasteiger partial charge in [-0.05, 0) is 25.5 Å². The number of hydrogen-bond acceptors (Lipinski definition) is 2. The maximum Gasteiger partial charge on any atom is 0.0447 e. The molecule has 0 aromatic carbocycles. The van der Waals surface area contributed by atoms with Crippen LogP contribution in [0.4, 0.5) is 0 Å². The second-order valence-electron chi connectivity index (χ2n) is 2.93. The molecular weight excluding hydrogens is 150 g/mol. The first-order valence-electron chi connectivity index (χ1n) is 4.91. The van der Waals surface area contributed by atoms with Gasteiger partial charge in [0.25, 0.3) is 0 Å². The Morgan fingerprint density at radius 2 is 2.08 bits per heavy atom. The normalized spacial score (nSPS) is 10.8. The van der Waals surface area contributed by atoms with E-state index in [0.717, 1.165) is 13.0 Å². The molecule has 0 aliphatic heterocycles. The Kier molecular flexibility index (Phi) is 10.1. The van der Waals surface area contributed by atoms with Gasteiger partial charge >= 0.3 is 0 Å². The van der Waals surface area contributed by atoms with E-state index in [2.05, 4.69) is 18.3 Å². The van der Waals surface area contributed by atoms with Crippen LogP contribution in [0.25, 0.3) is 0 Å². The topological polar surface area (TPSA) is 32.3 Å². The lowest BCUT2D eigenvalue weighted by molar-refractivity contribution is 0.288. The molecule has 0 heterocycles. The number of unbranched alkanes of at least 4 members (excludes halogenated alkanes) is 3. The van der Waals surface area contributed by atoms with Crippen LogP contribution in [-0.4, -0.2) is 18.3 Å². The monoisotopic (exact) mass is 171 g/mol. The van der Waals surface area contributed by atoms with Crippen LogP contribution in [0, 0.1) is 0 Å². The van der Waals surface area contributed by atoms with Gasteiger partial charge in [-0.25, -0.2) is 0 Å². The highest BCUT2D eigenvalue weighted by molar-refractivity contribution is 4.78. The van der Waals surface area contributed by atoms with E-state index in [4.69, 9.17) is 5.11 Å². The molecule has 0 atom stereocenters. The third-order valence-electron chi connectivity index (χ3n) is 1.69. The lowest BCUT2D eigenvalue weighted by Gasteiger charge is -1.96. The molecule has 2 N–H and O–H groups in total. The summed E-state index contributed by atoms with van der Waals surface area (Å²) in [5.74, 6) is 0. The van der Waals surface area contributed by atoms with Crippen molar-refractivity contribution in [1.82, 2.24) is 5.32 Å². The minimum Gasteiger partial charge on any atom is -0.396 e. The smallest absolute Gasteiger partial charge is 0.0447 e. The van der Waals surface area contributed by atoms with E-state index in [-0.39, 0.29) is 6.61 Å². The minimum absolute atomic E-state index is 0.274. The number of nitrogens with one attached hydrogen (secondary N) is 1. The molecule has 0 spiro atoms. The van der Waals surface area contributed by atoms with Gasteiger partial charge in [-0.2, -0.15) is 0 Å². The summed E-state index contributed by atoms with van der Waals surface area (Å²) >= 11 is 0. The second kappa shape index (κ2) is 10.5. The Balaban J connectivity index is 2.93. The molecule has 0 bridgehead atoms. The molecular formula is C10H21NO. The summed E-state index contributed by atoms with van der Waals surface area (Å²) in [5.41, 5.74) is 0.